The van der Waals surface area contributed by atoms with Gasteiger partial charge >= 0.3 is 0 Å². The van der Waals surface area contributed by atoms with Crippen molar-refractivity contribution in [3.63, 3.8) is 0 Å². The van der Waals surface area contributed by atoms with Crippen molar-refractivity contribution in [2.24, 2.45) is 0 Å². The number of rotatable bonds is 2. The Kier molecular flexibility index (Phi) is 2.96. The lowest BCUT2D eigenvalue weighted by molar-refractivity contribution is 0.582. The van der Waals surface area contributed by atoms with Gasteiger partial charge in [-0.2, -0.15) is 0 Å². The smallest absolute Gasteiger partial charge is 0.266 e. The Morgan fingerprint density at radius 1 is 1.11 bits per heavy atom. The molecule has 3 heterocycles. The molecule has 0 unspecified atom stereocenters. The maximum atomic E-state index is 5.79. The number of hydrogen-bond acceptors (Lipinski definition) is 6. The maximum Gasteiger partial charge on any atom is 0.266 e. The summed E-state index contributed by atoms with van der Waals surface area (Å²) in [6.45, 7) is 0. The number of halogens is 1. The topological polar surface area (TPSA) is 90.7 Å². The van der Waals surface area contributed by atoms with Gasteiger partial charge in [-0.3, -0.25) is 4.98 Å². The Bertz CT molecular complexity index is 713. The Morgan fingerprint density at radius 2 is 1.95 bits per heavy atom. The number of nitrogens with two attached hydrogens (primary N) is 1. The van der Waals surface area contributed by atoms with Gasteiger partial charge in [0.1, 0.15) is 11.5 Å². The monoisotopic (exact) mass is 317 g/mol. The zero-order valence-electron chi connectivity index (χ0n) is 9.62. The van der Waals surface area contributed by atoms with E-state index in [1.807, 2.05) is 12.1 Å². The summed E-state index contributed by atoms with van der Waals surface area (Å²) in [4.78, 5) is 8.17. The SMILES string of the molecule is Nc1ncc(Br)cc1-c1nnc(-c2ccccn2)o1. The molecule has 19 heavy (non-hydrogen) atoms. The van der Waals surface area contributed by atoms with Gasteiger partial charge in [-0.1, -0.05) is 6.07 Å². The first-order valence-corrected chi connectivity index (χ1v) is 6.19. The van der Waals surface area contributed by atoms with E-state index >= 15 is 0 Å². The lowest BCUT2D eigenvalue weighted by Crippen LogP contribution is -1.93. The Balaban J connectivity index is 2.04. The van der Waals surface area contributed by atoms with Crippen LogP contribution in [0, 0.1) is 0 Å². The second kappa shape index (κ2) is 4.77. The Labute approximate surface area is 116 Å². The third-order valence-electron chi connectivity index (χ3n) is 2.42. The second-order valence-electron chi connectivity index (χ2n) is 3.71. The second-order valence-corrected chi connectivity index (χ2v) is 4.63. The molecule has 3 rings (SSSR count). The van der Waals surface area contributed by atoms with Gasteiger partial charge in [0.2, 0.25) is 0 Å². The highest BCUT2D eigenvalue weighted by Gasteiger charge is 2.14. The van der Waals surface area contributed by atoms with Crippen molar-refractivity contribution in [3.05, 3.63) is 41.1 Å². The highest BCUT2D eigenvalue weighted by Crippen LogP contribution is 2.28. The van der Waals surface area contributed by atoms with Crippen molar-refractivity contribution in [1.82, 2.24) is 20.2 Å². The van der Waals surface area contributed by atoms with Gasteiger partial charge < -0.3 is 10.2 Å². The first kappa shape index (κ1) is 11.8. The molecule has 0 fully saturated rings. The molecule has 3 aromatic heterocycles. The van der Waals surface area contributed by atoms with Crippen molar-refractivity contribution in [2.45, 2.75) is 0 Å². The molecule has 0 aliphatic carbocycles. The van der Waals surface area contributed by atoms with Crippen LogP contribution in [0.2, 0.25) is 0 Å². The summed E-state index contributed by atoms with van der Waals surface area (Å²) in [6, 6.07) is 7.23. The fourth-order valence-corrected chi connectivity index (χ4v) is 1.88. The summed E-state index contributed by atoms with van der Waals surface area (Å²) < 4.78 is 6.35. The van der Waals surface area contributed by atoms with Gasteiger partial charge in [-0.05, 0) is 34.1 Å². The minimum atomic E-state index is 0.312. The van der Waals surface area contributed by atoms with Crippen LogP contribution in [0.3, 0.4) is 0 Å². The summed E-state index contributed by atoms with van der Waals surface area (Å²) in [6.07, 6.45) is 3.27. The molecule has 0 radical (unpaired) electrons. The third-order valence-corrected chi connectivity index (χ3v) is 2.86. The van der Waals surface area contributed by atoms with Crippen LogP contribution in [-0.2, 0) is 0 Å². The molecule has 2 N–H and O–H groups in total. The van der Waals surface area contributed by atoms with Crippen molar-refractivity contribution in [2.75, 3.05) is 5.73 Å². The molecule has 7 heteroatoms. The number of nitrogen functional groups attached to an aromatic ring is 1. The summed E-state index contributed by atoms with van der Waals surface area (Å²) in [5, 5.41) is 7.92. The van der Waals surface area contributed by atoms with Crippen LogP contribution in [0.5, 0.6) is 0 Å². The zero-order chi connectivity index (χ0) is 13.2. The highest BCUT2D eigenvalue weighted by molar-refractivity contribution is 9.10. The van der Waals surface area contributed by atoms with Crippen molar-refractivity contribution in [1.29, 1.82) is 0 Å². The van der Waals surface area contributed by atoms with E-state index in [1.165, 1.54) is 0 Å². The molecule has 0 aliphatic heterocycles. The van der Waals surface area contributed by atoms with Gasteiger partial charge in [0.15, 0.2) is 0 Å². The van der Waals surface area contributed by atoms with Crippen LogP contribution in [0.1, 0.15) is 0 Å². The van der Waals surface area contributed by atoms with Crippen LogP contribution in [0.4, 0.5) is 5.82 Å². The Hall–Kier alpha value is -2.28. The van der Waals surface area contributed by atoms with E-state index in [4.69, 9.17) is 10.2 Å². The van der Waals surface area contributed by atoms with Gasteiger partial charge in [0, 0.05) is 16.9 Å². The minimum Gasteiger partial charge on any atom is -0.414 e. The van der Waals surface area contributed by atoms with Gasteiger partial charge in [-0.25, -0.2) is 4.98 Å². The molecule has 3 aromatic rings. The van der Waals surface area contributed by atoms with Crippen LogP contribution in [0.25, 0.3) is 23.0 Å². The lowest BCUT2D eigenvalue weighted by atomic mass is 10.2. The predicted octanol–water partition coefficient (Wildman–Crippen LogP) is 2.54. The van der Waals surface area contributed by atoms with E-state index in [0.29, 0.717) is 28.9 Å². The average molecular weight is 318 g/mol. The molecular formula is C12H8BrN5O. The quantitative estimate of drug-likeness (QED) is 0.781. The summed E-state index contributed by atoms with van der Waals surface area (Å²) >= 11 is 3.33. The fraction of sp³-hybridized carbons (Fsp3) is 0. The number of pyridine rings is 2. The lowest BCUT2D eigenvalue weighted by Gasteiger charge is -1.99. The molecule has 94 valence electrons. The molecule has 0 bridgehead atoms. The number of aromatic nitrogens is 4. The highest BCUT2D eigenvalue weighted by atomic mass is 79.9. The predicted molar refractivity (Wildman–Crippen MR) is 72.9 cm³/mol. The summed E-state index contributed by atoms with van der Waals surface area (Å²) in [5.74, 6) is 0.987. The fourth-order valence-electron chi connectivity index (χ4n) is 1.55. The first-order valence-electron chi connectivity index (χ1n) is 5.40. The maximum absolute atomic E-state index is 5.79. The normalized spacial score (nSPS) is 10.6. The molecule has 0 saturated carbocycles. The van der Waals surface area contributed by atoms with E-state index in [1.54, 1.807) is 24.5 Å². The van der Waals surface area contributed by atoms with Crippen molar-refractivity contribution in [3.8, 4) is 23.0 Å². The molecule has 0 saturated heterocycles. The van der Waals surface area contributed by atoms with E-state index in [2.05, 4.69) is 36.1 Å². The molecule has 0 aliphatic rings. The van der Waals surface area contributed by atoms with Crippen LogP contribution < -0.4 is 5.73 Å². The molecule has 0 aromatic carbocycles. The van der Waals surface area contributed by atoms with E-state index in [9.17, 15) is 0 Å². The molecule has 0 atom stereocenters. The Morgan fingerprint density at radius 3 is 2.74 bits per heavy atom. The molecular weight excluding hydrogens is 310 g/mol. The van der Waals surface area contributed by atoms with E-state index in [-0.39, 0.29) is 0 Å². The molecule has 0 amide bonds. The van der Waals surface area contributed by atoms with Gasteiger partial charge in [-0.15, -0.1) is 10.2 Å². The minimum absolute atomic E-state index is 0.312. The van der Waals surface area contributed by atoms with Gasteiger partial charge in [0.05, 0.1) is 5.56 Å². The average Bonchev–Trinajstić information content (AvgIpc) is 2.92. The van der Waals surface area contributed by atoms with Gasteiger partial charge in [0.25, 0.3) is 11.8 Å². The number of nitrogens with zero attached hydrogens (tertiary/aromatic N) is 4. The zero-order valence-corrected chi connectivity index (χ0v) is 11.2. The van der Waals surface area contributed by atoms with E-state index < -0.39 is 0 Å². The van der Waals surface area contributed by atoms with Crippen LogP contribution in [-0.4, -0.2) is 20.2 Å². The third kappa shape index (κ3) is 2.32. The van der Waals surface area contributed by atoms with Crippen molar-refractivity contribution >= 4 is 21.7 Å². The molecule has 0 spiro atoms. The van der Waals surface area contributed by atoms with Crippen LogP contribution in [0.15, 0.2) is 45.5 Å². The summed E-state index contributed by atoms with van der Waals surface area (Å²) in [7, 11) is 0. The standard InChI is InChI=1S/C12H8BrN5O/c13-7-5-8(10(14)16-6-7)11-17-18-12(19-11)9-3-1-2-4-15-9/h1-6H,(H2,14,16). The molecule has 6 nitrogen and oxygen atoms in total. The summed E-state index contributed by atoms with van der Waals surface area (Å²) in [5.41, 5.74) is 6.99. The number of anilines is 1. The van der Waals surface area contributed by atoms with Crippen LogP contribution >= 0.6 is 15.9 Å². The largest absolute Gasteiger partial charge is 0.414 e. The first-order chi connectivity index (χ1) is 9.24. The van der Waals surface area contributed by atoms with Crippen molar-refractivity contribution < 1.29 is 4.42 Å². The number of hydrogen-bond donors (Lipinski definition) is 1. The van der Waals surface area contributed by atoms with E-state index in [0.717, 1.165) is 4.47 Å².